The number of nitrogens with zero attached hydrogens (tertiary/aromatic N) is 1. The van der Waals surface area contributed by atoms with Crippen molar-refractivity contribution in [3.05, 3.63) is 48.2 Å². The third-order valence-electron chi connectivity index (χ3n) is 3.92. The Bertz CT molecular complexity index is 936. The summed E-state index contributed by atoms with van der Waals surface area (Å²) in [5.41, 5.74) is 1.89. The van der Waals surface area contributed by atoms with Gasteiger partial charge in [0.1, 0.15) is 5.52 Å². The second-order valence-corrected chi connectivity index (χ2v) is 7.34. The highest BCUT2D eigenvalue weighted by Gasteiger charge is 2.21. The van der Waals surface area contributed by atoms with Gasteiger partial charge in [-0.25, -0.2) is 4.98 Å². The first-order valence-corrected chi connectivity index (χ1v) is 8.85. The van der Waals surface area contributed by atoms with Crippen LogP contribution in [0, 0.1) is 0 Å². The molecule has 2 heterocycles. The van der Waals surface area contributed by atoms with Crippen molar-refractivity contribution in [3.8, 4) is 0 Å². The molecule has 7 nitrogen and oxygen atoms in total. The van der Waals surface area contributed by atoms with Crippen LogP contribution in [0.3, 0.4) is 0 Å². The summed E-state index contributed by atoms with van der Waals surface area (Å²) in [5.74, 6) is 0.510. The maximum atomic E-state index is 12.1. The van der Waals surface area contributed by atoms with Gasteiger partial charge in [0.25, 0.3) is 5.91 Å². The fourth-order valence-corrected chi connectivity index (χ4v) is 2.50. The van der Waals surface area contributed by atoms with Crippen LogP contribution in [-0.2, 0) is 10.2 Å². The molecule has 3 aromatic rings. The van der Waals surface area contributed by atoms with Gasteiger partial charge in [-0.2, -0.15) is 0 Å². The average molecular weight is 369 g/mol. The number of nitrogens with one attached hydrogen (secondary N) is 2. The first-order chi connectivity index (χ1) is 12.8. The first kappa shape index (κ1) is 18.7. The Morgan fingerprint density at radius 3 is 2.70 bits per heavy atom. The van der Waals surface area contributed by atoms with E-state index in [4.69, 9.17) is 8.83 Å². The molecule has 0 aliphatic heterocycles. The van der Waals surface area contributed by atoms with E-state index in [1.54, 1.807) is 30.3 Å². The van der Waals surface area contributed by atoms with Gasteiger partial charge in [-0.1, -0.05) is 20.8 Å². The number of fused-ring (bicyclic) bond motifs is 1. The predicted octanol–water partition coefficient (Wildman–Crippen LogP) is 3.87. The van der Waals surface area contributed by atoms with E-state index in [1.165, 1.54) is 6.26 Å². The Kier molecular flexibility index (Phi) is 5.30. The van der Waals surface area contributed by atoms with Gasteiger partial charge in [0, 0.05) is 24.1 Å². The quantitative estimate of drug-likeness (QED) is 0.643. The minimum atomic E-state index is -0.286. The van der Waals surface area contributed by atoms with E-state index in [0.29, 0.717) is 42.1 Å². The van der Waals surface area contributed by atoms with Crippen molar-refractivity contribution >= 4 is 28.6 Å². The van der Waals surface area contributed by atoms with Gasteiger partial charge < -0.3 is 19.5 Å². The maximum Gasteiger partial charge on any atom is 0.286 e. The van der Waals surface area contributed by atoms with E-state index >= 15 is 0 Å². The number of amides is 2. The zero-order chi connectivity index (χ0) is 19.4. The number of furan rings is 1. The number of carbonyl (C=O) groups excluding carboxylic acids is 2. The summed E-state index contributed by atoms with van der Waals surface area (Å²) in [5, 5.41) is 5.56. The summed E-state index contributed by atoms with van der Waals surface area (Å²) < 4.78 is 10.8. The van der Waals surface area contributed by atoms with E-state index in [1.807, 2.05) is 20.8 Å². The molecule has 0 saturated carbocycles. The van der Waals surface area contributed by atoms with Gasteiger partial charge in [-0.05, 0) is 36.8 Å². The molecule has 0 saturated heterocycles. The third kappa shape index (κ3) is 4.75. The Hall–Kier alpha value is -3.09. The Morgan fingerprint density at radius 2 is 2.00 bits per heavy atom. The van der Waals surface area contributed by atoms with E-state index < -0.39 is 0 Å². The standard InChI is InChI=1S/C20H23N3O4/c1-20(2,3)19-23-14-12-13(8-9-15(14)27-19)22-17(24)7-4-10-21-18(25)16-6-5-11-26-16/h5-6,8-9,11-12H,4,7,10H2,1-3H3,(H,21,25)(H,22,24). The molecule has 7 heteroatoms. The van der Waals surface area contributed by atoms with Crippen LogP contribution in [0.5, 0.6) is 0 Å². The number of hydrogen-bond acceptors (Lipinski definition) is 5. The summed E-state index contributed by atoms with van der Waals surface area (Å²) in [4.78, 5) is 28.3. The SMILES string of the molecule is CC(C)(C)c1nc2cc(NC(=O)CCCNC(=O)c3ccco3)ccc2o1. The van der Waals surface area contributed by atoms with Gasteiger partial charge in [0.05, 0.1) is 6.26 Å². The first-order valence-electron chi connectivity index (χ1n) is 8.85. The number of oxazole rings is 1. The second kappa shape index (κ2) is 7.65. The van der Waals surface area contributed by atoms with Crippen LogP contribution in [0.2, 0.25) is 0 Å². The van der Waals surface area contributed by atoms with E-state index in [-0.39, 0.29) is 23.0 Å². The maximum absolute atomic E-state index is 12.1. The number of carbonyl (C=O) groups is 2. The van der Waals surface area contributed by atoms with E-state index in [9.17, 15) is 9.59 Å². The lowest BCUT2D eigenvalue weighted by atomic mass is 9.97. The Balaban J connectivity index is 1.49. The normalized spacial score (nSPS) is 11.5. The molecule has 0 aliphatic carbocycles. The van der Waals surface area contributed by atoms with Crippen LogP contribution in [0.25, 0.3) is 11.1 Å². The lowest BCUT2D eigenvalue weighted by Gasteiger charge is -2.11. The highest BCUT2D eigenvalue weighted by molar-refractivity contribution is 5.93. The smallest absolute Gasteiger partial charge is 0.286 e. The number of anilines is 1. The second-order valence-electron chi connectivity index (χ2n) is 7.34. The Morgan fingerprint density at radius 1 is 1.19 bits per heavy atom. The van der Waals surface area contributed by atoms with Crippen molar-refractivity contribution in [1.29, 1.82) is 0 Å². The molecule has 0 fully saturated rings. The monoisotopic (exact) mass is 369 g/mol. The topological polar surface area (TPSA) is 97.4 Å². The molecule has 2 N–H and O–H groups in total. The largest absolute Gasteiger partial charge is 0.459 e. The summed E-state index contributed by atoms with van der Waals surface area (Å²) in [6.07, 6.45) is 2.26. The van der Waals surface area contributed by atoms with Gasteiger partial charge in [0.2, 0.25) is 11.8 Å². The predicted molar refractivity (Wildman–Crippen MR) is 102 cm³/mol. The molecule has 0 spiro atoms. The van der Waals surface area contributed by atoms with E-state index in [2.05, 4.69) is 15.6 Å². The molecule has 1 aromatic carbocycles. The van der Waals surface area contributed by atoms with Crippen molar-refractivity contribution < 1.29 is 18.4 Å². The molecule has 142 valence electrons. The van der Waals surface area contributed by atoms with E-state index in [0.717, 1.165) is 0 Å². The number of aromatic nitrogens is 1. The lowest BCUT2D eigenvalue weighted by molar-refractivity contribution is -0.116. The lowest BCUT2D eigenvalue weighted by Crippen LogP contribution is -2.25. The van der Waals surface area contributed by atoms with Crippen LogP contribution < -0.4 is 10.6 Å². The zero-order valence-electron chi connectivity index (χ0n) is 15.7. The molecule has 0 aliphatic rings. The highest BCUT2D eigenvalue weighted by Crippen LogP contribution is 2.27. The molecular weight excluding hydrogens is 346 g/mol. The molecule has 0 atom stereocenters. The summed E-state index contributed by atoms with van der Waals surface area (Å²) in [6.45, 7) is 6.49. The van der Waals surface area contributed by atoms with Crippen LogP contribution in [0.4, 0.5) is 5.69 Å². The van der Waals surface area contributed by atoms with Crippen molar-refractivity contribution in [2.75, 3.05) is 11.9 Å². The fraction of sp³-hybridized carbons (Fsp3) is 0.350. The van der Waals surface area contributed by atoms with Gasteiger partial charge in [-0.15, -0.1) is 0 Å². The van der Waals surface area contributed by atoms with Crippen LogP contribution >= 0.6 is 0 Å². The molecular formula is C20H23N3O4. The van der Waals surface area contributed by atoms with Crippen molar-refractivity contribution in [1.82, 2.24) is 10.3 Å². The molecule has 0 unspecified atom stereocenters. The summed E-state index contributed by atoms with van der Waals surface area (Å²) >= 11 is 0. The summed E-state index contributed by atoms with van der Waals surface area (Å²) in [7, 11) is 0. The molecule has 27 heavy (non-hydrogen) atoms. The van der Waals surface area contributed by atoms with Crippen molar-refractivity contribution in [2.24, 2.45) is 0 Å². The minimum Gasteiger partial charge on any atom is -0.459 e. The molecule has 0 bridgehead atoms. The van der Waals surface area contributed by atoms with Gasteiger partial charge >= 0.3 is 0 Å². The molecule has 3 rings (SSSR count). The number of benzene rings is 1. The highest BCUT2D eigenvalue weighted by atomic mass is 16.4. The number of hydrogen-bond donors (Lipinski definition) is 2. The van der Waals surface area contributed by atoms with Crippen molar-refractivity contribution in [2.45, 2.75) is 39.0 Å². The molecule has 2 aromatic heterocycles. The van der Waals surface area contributed by atoms with Gasteiger partial charge in [-0.3, -0.25) is 9.59 Å². The van der Waals surface area contributed by atoms with Crippen molar-refractivity contribution in [3.63, 3.8) is 0 Å². The minimum absolute atomic E-state index is 0.124. The molecule has 0 radical (unpaired) electrons. The fourth-order valence-electron chi connectivity index (χ4n) is 2.50. The zero-order valence-corrected chi connectivity index (χ0v) is 15.7. The van der Waals surface area contributed by atoms with Crippen LogP contribution in [0.15, 0.2) is 45.4 Å². The van der Waals surface area contributed by atoms with Gasteiger partial charge in [0.15, 0.2) is 11.3 Å². The Labute approximate surface area is 157 Å². The number of rotatable bonds is 6. The third-order valence-corrected chi connectivity index (χ3v) is 3.92. The summed E-state index contributed by atoms with van der Waals surface area (Å²) in [6, 6.07) is 8.63. The van der Waals surface area contributed by atoms with Crippen LogP contribution in [-0.4, -0.2) is 23.3 Å². The van der Waals surface area contributed by atoms with Crippen LogP contribution in [0.1, 0.15) is 50.1 Å². The molecule has 2 amide bonds. The average Bonchev–Trinajstić information content (AvgIpc) is 3.27.